The third-order valence-corrected chi connectivity index (χ3v) is 3.14. The van der Waals surface area contributed by atoms with Crippen LogP contribution < -0.4 is 10.1 Å². The predicted octanol–water partition coefficient (Wildman–Crippen LogP) is 2.74. The fourth-order valence-electron chi connectivity index (χ4n) is 2.11. The first kappa shape index (κ1) is 12.4. The molecule has 1 fully saturated rings. The maximum absolute atomic E-state index is 5.57. The number of hydrogen-bond acceptors (Lipinski definition) is 4. The highest BCUT2D eigenvalue weighted by Crippen LogP contribution is 2.25. The summed E-state index contributed by atoms with van der Waals surface area (Å²) in [7, 11) is 0. The van der Waals surface area contributed by atoms with Crippen LogP contribution in [-0.4, -0.2) is 17.6 Å². The lowest BCUT2D eigenvalue weighted by Gasteiger charge is -2.07. The zero-order chi connectivity index (χ0) is 12.1. The molecule has 96 valence electrons. The van der Waals surface area contributed by atoms with Crippen molar-refractivity contribution in [3.8, 4) is 6.08 Å². The van der Waals surface area contributed by atoms with Crippen LogP contribution in [0.2, 0.25) is 0 Å². The molecule has 0 spiro atoms. The van der Waals surface area contributed by atoms with Gasteiger partial charge < -0.3 is 14.5 Å². The Labute approximate surface area is 103 Å². The molecule has 4 nitrogen and oxygen atoms in total. The van der Waals surface area contributed by atoms with Crippen molar-refractivity contribution in [1.29, 1.82) is 0 Å². The summed E-state index contributed by atoms with van der Waals surface area (Å²) in [6.07, 6.45) is 7.31. The molecule has 0 aromatic carbocycles. The summed E-state index contributed by atoms with van der Waals surface area (Å²) in [6, 6.07) is 0.453. The molecule has 1 saturated carbocycles. The highest BCUT2D eigenvalue weighted by atomic mass is 16.6. The van der Waals surface area contributed by atoms with Gasteiger partial charge in [-0.25, -0.2) is 0 Å². The lowest BCUT2D eigenvalue weighted by atomic mass is 10.1. The average Bonchev–Trinajstić information content (AvgIpc) is 2.95. The van der Waals surface area contributed by atoms with Gasteiger partial charge in [0.05, 0.1) is 12.3 Å². The second-order valence-corrected chi connectivity index (χ2v) is 5.10. The van der Waals surface area contributed by atoms with Crippen LogP contribution in [-0.2, 0) is 6.54 Å². The Bertz CT molecular complexity index is 330. The van der Waals surface area contributed by atoms with Gasteiger partial charge >= 0.3 is 6.08 Å². The minimum atomic E-state index is 0.414. The standard InChI is InChI=1S/C13H22N2O2/c1-10(2)14-7-12-9-17-13(15-12)16-8-11-5-3-4-6-11/h9-11,14H,3-8H2,1-2H3. The molecule has 0 atom stereocenters. The van der Waals surface area contributed by atoms with Gasteiger partial charge in [0.25, 0.3) is 0 Å². The minimum absolute atomic E-state index is 0.414. The van der Waals surface area contributed by atoms with E-state index < -0.39 is 0 Å². The number of rotatable bonds is 6. The minimum Gasteiger partial charge on any atom is -0.450 e. The molecule has 4 heteroatoms. The summed E-state index contributed by atoms with van der Waals surface area (Å²) in [5.74, 6) is 0.694. The molecule has 0 amide bonds. The van der Waals surface area contributed by atoms with Gasteiger partial charge in [0.2, 0.25) is 0 Å². The number of aromatic nitrogens is 1. The summed E-state index contributed by atoms with van der Waals surface area (Å²) in [4.78, 5) is 4.29. The van der Waals surface area contributed by atoms with E-state index >= 15 is 0 Å². The van der Waals surface area contributed by atoms with Crippen LogP contribution in [0.4, 0.5) is 0 Å². The van der Waals surface area contributed by atoms with E-state index in [1.807, 2.05) is 0 Å². The van der Waals surface area contributed by atoms with Crippen LogP contribution in [0, 0.1) is 5.92 Å². The SMILES string of the molecule is CC(C)NCc1coc(OCC2CCCC2)n1. The molecular formula is C13H22N2O2. The summed E-state index contributed by atoms with van der Waals surface area (Å²) in [6.45, 7) is 5.70. The fraction of sp³-hybridized carbons (Fsp3) is 0.769. The molecule has 1 heterocycles. The molecule has 1 N–H and O–H groups in total. The summed E-state index contributed by atoms with van der Waals surface area (Å²) < 4.78 is 10.9. The molecule has 1 aliphatic carbocycles. The van der Waals surface area contributed by atoms with Gasteiger partial charge in [-0.15, -0.1) is 0 Å². The number of nitrogens with one attached hydrogen (secondary N) is 1. The van der Waals surface area contributed by atoms with Gasteiger partial charge in [-0.2, -0.15) is 4.98 Å². The van der Waals surface area contributed by atoms with Gasteiger partial charge in [-0.1, -0.05) is 26.7 Å². The van der Waals surface area contributed by atoms with Crippen molar-refractivity contribution in [1.82, 2.24) is 10.3 Å². The van der Waals surface area contributed by atoms with Crippen LogP contribution in [0.1, 0.15) is 45.2 Å². The lowest BCUT2D eigenvalue weighted by Crippen LogP contribution is -2.21. The molecule has 0 saturated heterocycles. The second kappa shape index (κ2) is 6.05. The maximum atomic E-state index is 5.57. The summed E-state index contributed by atoms with van der Waals surface area (Å²) in [5, 5.41) is 3.29. The van der Waals surface area contributed by atoms with E-state index in [2.05, 4.69) is 24.1 Å². The predicted molar refractivity (Wildman–Crippen MR) is 65.9 cm³/mol. The first-order valence-electron chi connectivity index (χ1n) is 6.54. The van der Waals surface area contributed by atoms with Gasteiger partial charge in [0.1, 0.15) is 6.26 Å². The summed E-state index contributed by atoms with van der Waals surface area (Å²) in [5.41, 5.74) is 0.903. The lowest BCUT2D eigenvalue weighted by molar-refractivity contribution is 0.190. The maximum Gasteiger partial charge on any atom is 0.393 e. The number of nitrogens with zero attached hydrogens (tertiary/aromatic N) is 1. The van der Waals surface area contributed by atoms with Crippen LogP contribution in [0.15, 0.2) is 10.7 Å². The fourth-order valence-corrected chi connectivity index (χ4v) is 2.11. The quantitative estimate of drug-likeness (QED) is 0.827. The van der Waals surface area contributed by atoms with Crippen molar-refractivity contribution in [2.45, 2.75) is 52.1 Å². The Kier molecular flexibility index (Phi) is 4.42. The van der Waals surface area contributed by atoms with Crippen molar-refractivity contribution < 1.29 is 9.15 Å². The second-order valence-electron chi connectivity index (χ2n) is 5.10. The third kappa shape index (κ3) is 4.04. The van der Waals surface area contributed by atoms with Gasteiger partial charge in [0, 0.05) is 12.6 Å². The summed E-state index contributed by atoms with van der Waals surface area (Å²) >= 11 is 0. The van der Waals surface area contributed by atoms with E-state index in [1.54, 1.807) is 6.26 Å². The highest BCUT2D eigenvalue weighted by molar-refractivity contribution is 4.99. The largest absolute Gasteiger partial charge is 0.450 e. The van der Waals surface area contributed by atoms with Crippen molar-refractivity contribution in [3.05, 3.63) is 12.0 Å². The van der Waals surface area contributed by atoms with Gasteiger partial charge in [0.15, 0.2) is 0 Å². The van der Waals surface area contributed by atoms with Crippen molar-refractivity contribution >= 4 is 0 Å². The normalized spacial score (nSPS) is 16.9. The molecule has 0 bridgehead atoms. The highest BCUT2D eigenvalue weighted by Gasteiger charge is 2.16. The first-order valence-corrected chi connectivity index (χ1v) is 6.54. The van der Waals surface area contributed by atoms with E-state index in [1.165, 1.54) is 25.7 Å². The Morgan fingerprint density at radius 1 is 1.47 bits per heavy atom. The van der Waals surface area contributed by atoms with Crippen molar-refractivity contribution in [3.63, 3.8) is 0 Å². The smallest absolute Gasteiger partial charge is 0.393 e. The van der Waals surface area contributed by atoms with E-state index in [4.69, 9.17) is 9.15 Å². The molecule has 17 heavy (non-hydrogen) atoms. The third-order valence-electron chi connectivity index (χ3n) is 3.14. The number of hydrogen-bond donors (Lipinski definition) is 1. The van der Waals surface area contributed by atoms with Gasteiger partial charge in [-0.05, 0) is 18.8 Å². The molecule has 0 radical (unpaired) electrons. The van der Waals surface area contributed by atoms with E-state index in [0.717, 1.165) is 18.8 Å². The van der Waals surface area contributed by atoms with Crippen LogP contribution in [0.5, 0.6) is 6.08 Å². The zero-order valence-electron chi connectivity index (χ0n) is 10.7. The van der Waals surface area contributed by atoms with Crippen LogP contribution >= 0.6 is 0 Å². The van der Waals surface area contributed by atoms with Gasteiger partial charge in [-0.3, -0.25) is 0 Å². The van der Waals surface area contributed by atoms with Crippen molar-refractivity contribution in [2.75, 3.05) is 6.61 Å². The zero-order valence-corrected chi connectivity index (χ0v) is 10.7. The van der Waals surface area contributed by atoms with E-state index in [-0.39, 0.29) is 0 Å². The molecular weight excluding hydrogens is 216 g/mol. The Morgan fingerprint density at radius 2 is 2.24 bits per heavy atom. The molecule has 1 aliphatic rings. The molecule has 1 aromatic heterocycles. The number of oxazole rings is 1. The van der Waals surface area contributed by atoms with E-state index in [9.17, 15) is 0 Å². The Morgan fingerprint density at radius 3 is 2.94 bits per heavy atom. The average molecular weight is 238 g/mol. The molecule has 2 rings (SSSR count). The van der Waals surface area contributed by atoms with Crippen LogP contribution in [0.3, 0.4) is 0 Å². The molecule has 0 aliphatic heterocycles. The monoisotopic (exact) mass is 238 g/mol. The molecule has 1 aromatic rings. The van der Waals surface area contributed by atoms with Crippen LogP contribution in [0.25, 0.3) is 0 Å². The Balaban J connectivity index is 1.73. The Hall–Kier alpha value is -1.03. The molecule has 0 unspecified atom stereocenters. The number of ether oxygens (including phenoxy) is 1. The van der Waals surface area contributed by atoms with E-state index in [0.29, 0.717) is 18.0 Å². The first-order chi connectivity index (χ1) is 8.24. The topological polar surface area (TPSA) is 47.3 Å². The van der Waals surface area contributed by atoms with Crippen molar-refractivity contribution in [2.24, 2.45) is 5.92 Å².